The first kappa shape index (κ1) is 15.7. The fourth-order valence-electron chi connectivity index (χ4n) is 2.22. The van der Waals surface area contributed by atoms with Gasteiger partial charge in [0.15, 0.2) is 0 Å². The van der Waals surface area contributed by atoms with E-state index in [1.807, 2.05) is 31.2 Å². The Morgan fingerprint density at radius 1 is 1.16 bits per heavy atom. The molecule has 3 nitrogen and oxygen atoms in total. The molecule has 0 bridgehead atoms. The second-order valence-electron chi connectivity index (χ2n) is 5.17. The van der Waals surface area contributed by atoms with Gasteiger partial charge in [-0.25, -0.2) is 0 Å². The quantitative estimate of drug-likeness (QED) is 0.784. The van der Waals surface area contributed by atoms with E-state index < -0.39 is 0 Å². The molecule has 0 radical (unpaired) electrons. The molecule has 1 unspecified atom stereocenters. The summed E-state index contributed by atoms with van der Waals surface area (Å²) in [7, 11) is 0. The van der Waals surface area contributed by atoms with Gasteiger partial charge in [0.25, 0.3) is 0 Å². The first-order chi connectivity index (χ1) is 9.08. The Morgan fingerprint density at radius 3 is 2.11 bits per heavy atom. The van der Waals surface area contributed by atoms with Gasteiger partial charge in [0, 0.05) is 17.6 Å². The van der Waals surface area contributed by atoms with E-state index in [4.69, 9.17) is 5.73 Å². The number of amides is 1. The van der Waals surface area contributed by atoms with Gasteiger partial charge in [0.1, 0.15) is 0 Å². The topological polar surface area (TPSA) is 55.1 Å². The minimum absolute atomic E-state index is 0.0256. The highest BCUT2D eigenvalue weighted by Crippen LogP contribution is 2.18. The van der Waals surface area contributed by atoms with Crippen LogP contribution in [0.15, 0.2) is 24.3 Å². The van der Waals surface area contributed by atoms with Crippen LogP contribution < -0.4 is 11.1 Å². The summed E-state index contributed by atoms with van der Waals surface area (Å²) in [6.45, 7) is 6.19. The predicted octanol–water partition coefficient (Wildman–Crippen LogP) is 3.86. The molecule has 0 saturated heterocycles. The van der Waals surface area contributed by atoms with Gasteiger partial charge in [0.2, 0.25) is 5.91 Å². The van der Waals surface area contributed by atoms with Gasteiger partial charge in [-0.3, -0.25) is 4.79 Å². The number of hydrogen-bond donors (Lipinski definition) is 2. The lowest BCUT2D eigenvalue weighted by atomic mass is 9.97. The molecule has 1 atom stereocenters. The molecular formula is C16H26N2O. The Hall–Kier alpha value is -1.35. The van der Waals surface area contributed by atoms with Gasteiger partial charge in [-0.05, 0) is 37.5 Å². The third-order valence-electron chi connectivity index (χ3n) is 3.35. The second kappa shape index (κ2) is 7.95. The zero-order valence-electron chi connectivity index (χ0n) is 12.3. The summed E-state index contributed by atoms with van der Waals surface area (Å²) < 4.78 is 0. The molecular weight excluding hydrogens is 236 g/mol. The van der Waals surface area contributed by atoms with Crippen LogP contribution in [0.3, 0.4) is 0 Å². The lowest BCUT2D eigenvalue weighted by molar-refractivity contribution is -0.120. The Morgan fingerprint density at radius 2 is 1.68 bits per heavy atom. The van der Waals surface area contributed by atoms with Crippen LogP contribution in [-0.2, 0) is 4.79 Å². The summed E-state index contributed by atoms with van der Waals surface area (Å²) in [5.74, 6) is 0.264. The minimum Gasteiger partial charge on any atom is -0.326 e. The van der Waals surface area contributed by atoms with Gasteiger partial charge in [0.05, 0.1) is 0 Å². The lowest BCUT2D eigenvalue weighted by Crippen LogP contribution is -2.22. The van der Waals surface area contributed by atoms with E-state index in [1.54, 1.807) is 0 Å². The number of rotatable bonds is 7. The molecule has 1 rings (SSSR count). The largest absolute Gasteiger partial charge is 0.326 e. The summed E-state index contributed by atoms with van der Waals surface area (Å²) in [6.07, 6.45) is 4.00. The first-order valence-electron chi connectivity index (χ1n) is 7.24. The highest BCUT2D eigenvalue weighted by molar-refractivity contribution is 5.92. The maximum Gasteiger partial charge on any atom is 0.227 e. The molecule has 0 fully saturated rings. The number of carbonyl (C=O) groups is 1. The molecule has 0 aromatic heterocycles. The van der Waals surface area contributed by atoms with E-state index in [2.05, 4.69) is 19.2 Å². The van der Waals surface area contributed by atoms with E-state index in [-0.39, 0.29) is 17.9 Å². The maximum absolute atomic E-state index is 12.2. The van der Waals surface area contributed by atoms with Crippen molar-refractivity contribution in [1.29, 1.82) is 0 Å². The van der Waals surface area contributed by atoms with Crippen LogP contribution in [0.5, 0.6) is 0 Å². The molecule has 0 aliphatic rings. The average molecular weight is 262 g/mol. The zero-order chi connectivity index (χ0) is 14.3. The SMILES string of the molecule is CCCC(CCC)C(=O)Nc1ccc(C(C)N)cc1. The molecule has 19 heavy (non-hydrogen) atoms. The molecule has 0 spiro atoms. The number of anilines is 1. The highest BCUT2D eigenvalue weighted by Gasteiger charge is 2.16. The number of carbonyl (C=O) groups excluding carboxylic acids is 1. The lowest BCUT2D eigenvalue weighted by Gasteiger charge is -2.15. The highest BCUT2D eigenvalue weighted by atomic mass is 16.1. The van der Waals surface area contributed by atoms with Crippen molar-refractivity contribution in [2.75, 3.05) is 5.32 Å². The Labute approximate surface area is 116 Å². The molecule has 0 heterocycles. The van der Waals surface area contributed by atoms with Crippen molar-refractivity contribution in [2.45, 2.75) is 52.5 Å². The van der Waals surface area contributed by atoms with Gasteiger partial charge < -0.3 is 11.1 Å². The molecule has 3 heteroatoms. The summed E-state index contributed by atoms with van der Waals surface area (Å²) in [5, 5.41) is 3.00. The van der Waals surface area contributed by atoms with Gasteiger partial charge in [-0.2, -0.15) is 0 Å². The van der Waals surface area contributed by atoms with E-state index >= 15 is 0 Å². The van der Waals surface area contributed by atoms with E-state index in [0.717, 1.165) is 36.9 Å². The summed E-state index contributed by atoms with van der Waals surface area (Å²) in [5.41, 5.74) is 7.74. The van der Waals surface area contributed by atoms with E-state index in [1.165, 1.54) is 0 Å². The van der Waals surface area contributed by atoms with Crippen LogP contribution in [0.1, 0.15) is 58.1 Å². The number of hydrogen-bond acceptors (Lipinski definition) is 2. The first-order valence-corrected chi connectivity index (χ1v) is 7.24. The summed E-state index contributed by atoms with van der Waals surface area (Å²) >= 11 is 0. The van der Waals surface area contributed by atoms with Crippen LogP contribution in [0.25, 0.3) is 0 Å². The molecule has 0 aliphatic heterocycles. The fourth-order valence-corrected chi connectivity index (χ4v) is 2.22. The molecule has 0 aliphatic carbocycles. The van der Waals surface area contributed by atoms with Gasteiger partial charge in [-0.1, -0.05) is 38.8 Å². The van der Waals surface area contributed by atoms with Crippen LogP contribution in [0.2, 0.25) is 0 Å². The fraction of sp³-hybridized carbons (Fsp3) is 0.562. The average Bonchev–Trinajstić information content (AvgIpc) is 2.39. The van der Waals surface area contributed by atoms with Crippen molar-refractivity contribution < 1.29 is 4.79 Å². The number of nitrogens with two attached hydrogens (primary N) is 1. The Kier molecular flexibility index (Phi) is 6.57. The second-order valence-corrected chi connectivity index (χ2v) is 5.17. The van der Waals surface area contributed by atoms with Crippen molar-refractivity contribution in [3.8, 4) is 0 Å². The molecule has 106 valence electrons. The predicted molar refractivity (Wildman–Crippen MR) is 81.0 cm³/mol. The smallest absolute Gasteiger partial charge is 0.227 e. The summed E-state index contributed by atoms with van der Waals surface area (Å²) in [4.78, 5) is 12.2. The summed E-state index contributed by atoms with van der Waals surface area (Å²) in [6, 6.07) is 7.80. The van der Waals surface area contributed by atoms with Crippen molar-refractivity contribution in [3.05, 3.63) is 29.8 Å². The van der Waals surface area contributed by atoms with Crippen molar-refractivity contribution in [1.82, 2.24) is 0 Å². The molecule has 1 amide bonds. The van der Waals surface area contributed by atoms with Crippen LogP contribution >= 0.6 is 0 Å². The van der Waals surface area contributed by atoms with Crippen LogP contribution in [0.4, 0.5) is 5.69 Å². The third kappa shape index (κ3) is 5.03. The molecule has 1 aromatic rings. The van der Waals surface area contributed by atoms with Crippen molar-refractivity contribution in [2.24, 2.45) is 11.7 Å². The number of nitrogens with one attached hydrogen (secondary N) is 1. The Balaban J connectivity index is 2.64. The maximum atomic E-state index is 12.2. The van der Waals surface area contributed by atoms with Crippen molar-refractivity contribution >= 4 is 11.6 Å². The molecule has 3 N–H and O–H groups in total. The molecule has 0 saturated carbocycles. The monoisotopic (exact) mass is 262 g/mol. The van der Waals surface area contributed by atoms with E-state index in [0.29, 0.717) is 0 Å². The normalized spacial score (nSPS) is 12.5. The van der Waals surface area contributed by atoms with E-state index in [9.17, 15) is 4.79 Å². The van der Waals surface area contributed by atoms with Crippen molar-refractivity contribution in [3.63, 3.8) is 0 Å². The zero-order valence-corrected chi connectivity index (χ0v) is 12.3. The standard InChI is InChI=1S/C16H26N2O/c1-4-6-14(7-5-2)16(19)18-15-10-8-13(9-11-15)12(3)17/h8-12,14H,4-7,17H2,1-3H3,(H,18,19). The van der Waals surface area contributed by atoms with Gasteiger partial charge in [-0.15, -0.1) is 0 Å². The molecule has 1 aromatic carbocycles. The van der Waals surface area contributed by atoms with Crippen LogP contribution in [-0.4, -0.2) is 5.91 Å². The van der Waals surface area contributed by atoms with Crippen LogP contribution in [0, 0.1) is 5.92 Å². The Bertz CT molecular complexity index is 378. The number of benzene rings is 1. The minimum atomic E-state index is 0.0256. The third-order valence-corrected chi connectivity index (χ3v) is 3.35. The van der Waals surface area contributed by atoms with Gasteiger partial charge >= 0.3 is 0 Å².